The summed E-state index contributed by atoms with van der Waals surface area (Å²) in [7, 11) is 4.62. The van der Waals surface area contributed by atoms with E-state index in [9.17, 15) is 0 Å². The van der Waals surface area contributed by atoms with Gasteiger partial charge in [-0.25, -0.2) is 4.63 Å². The Morgan fingerprint density at radius 3 is 2.29 bits per heavy atom. The van der Waals surface area contributed by atoms with Crippen molar-refractivity contribution in [3.05, 3.63) is 17.7 Å². The zero-order valence-corrected chi connectivity index (χ0v) is 11.8. The predicted octanol–water partition coefficient (Wildman–Crippen LogP) is 1.12. The second kappa shape index (κ2) is 6.46. The van der Waals surface area contributed by atoms with E-state index in [-0.39, 0.29) is 11.6 Å². The molecule has 0 atom stereocenters. The normalized spacial score (nSPS) is 10.6. The van der Waals surface area contributed by atoms with Gasteiger partial charge in [-0.15, -0.1) is 0 Å². The number of anilines is 2. The second-order valence-corrected chi connectivity index (χ2v) is 3.83. The number of ether oxygens (including phenoxy) is 3. The molecule has 0 aliphatic carbocycles. The fourth-order valence-electron chi connectivity index (χ4n) is 1.62. The van der Waals surface area contributed by atoms with Gasteiger partial charge in [0.25, 0.3) is 0 Å². The molecule has 112 valence electrons. The Labute approximate surface area is 120 Å². The van der Waals surface area contributed by atoms with Gasteiger partial charge in [0.15, 0.2) is 11.5 Å². The summed E-state index contributed by atoms with van der Waals surface area (Å²) in [6.07, 6.45) is 1.54. The largest absolute Gasteiger partial charge is 0.493 e. The Hall–Kier alpha value is -2.97. The lowest BCUT2D eigenvalue weighted by Gasteiger charge is -2.12. The quantitative estimate of drug-likeness (QED) is 0.601. The van der Waals surface area contributed by atoms with E-state index < -0.39 is 0 Å². The Bertz CT molecular complexity index is 615. The van der Waals surface area contributed by atoms with Crippen molar-refractivity contribution in [3.8, 4) is 17.2 Å². The predicted molar refractivity (Wildman–Crippen MR) is 76.0 cm³/mol. The summed E-state index contributed by atoms with van der Waals surface area (Å²) in [5.41, 5.74) is 8.83. The van der Waals surface area contributed by atoms with Gasteiger partial charge < -0.3 is 19.9 Å². The average Bonchev–Trinajstić information content (AvgIpc) is 2.91. The standard InChI is InChI=1S/C12H15N5O4/c1-18-8-4-7(5-9(19-2)10(8)20-3)6-14-15-12-11(13)16-21-17-12/h4-6H,1-3H3,(H2,13,16)(H,15,17)/b14-6-. The summed E-state index contributed by atoms with van der Waals surface area (Å²) in [6, 6.07) is 3.49. The molecule has 0 saturated carbocycles. The third-order valence-corrected chi connectivity index (χ3v) is 2.59. The minimum atomic E-state index is 0.122. The molecule has 0 aliphatic heterocycles. The van der Waals surface area contributed by atoms with Crippen LogP contribution in [-0.4, -0.2) is 37.9 Å². The smallest absolute Gasteiger partial charge is 0.235 e. The molecule has 21 heavy (non-hydrogen) atoms. The third kappa shape index (κ3) is 3.14. The van der Waals surface area contributed by atoms with Crippen LogP contribution in [0.25, 0.3) is 0 Å². The van der Waals surface area contributed by atoms with Crippen LogP contribution < -0.4 is 25.4 Å². The van der Waals surface area contributed by atoms with Gasteiger partial charge in [-0.2, -0.15) is 5.10 Å². The van der Waals surface area contributed by atoms with E-state index in [1.54, 1.807) is 18.3 Å². The molecule has 0 spiro atoms. The molecule has 9 heteroatoms. The Morgan fingerprint density at radius 2 is 1.81 bits per heavy atom. The number of hydrazone groups is 1. The summed E-state index contributed by atoms with van der Waals surface area (Å²) in [5, 5.41) is 10.9. The lowest BCUT2D eigenvalue weighted by Crippen LogP contribution is -1.98. The molecular weight excluding hydrogens is 278 g/mol. The summed E-state index contributed by atoms with van der Waals surface area (Å²) in [4.78, 5) is 0. The van der Waals surface area contributed by atoms with Gasteiger partial charge in [0.2, 0.25) is 17.4 Å². The van der Waals surface area contributed by atoms with Crippen LogP contribution in [0.2, 0.25) is 0 Å². The average molecular weight is 293 g/mol. The lowest BCUT2D eigenvalue weighted by atomic mass is 10.2. The molecule has 1 aromatic heterocycles. The van der Waals surface area contributed by atoms with Gasteiger partial charge in [-0.05, 0) is 22.4 Å². The van der Waals surface area contributed by atoms with Crippen molar-refractivity contribution in [2.75, 3.05) is 32.5 Å². The van der Waals surface area contributed by atoms with E-state index in [0.29, 0.717) is 17.2 Å². The van der Waals surface area contributed by atoms with Crippen molar-refractivity contribution >= 4 is 17.9 Å². The number of nitrogen functional groups attached to an aromatic ring is 1. The monoisotopic (exact) mass is 293 g/mol. The molecule has 0 saturated heterocycles. The van der Waals surface area contributed by atoms with Crippen LogP contribution in [0, 0.1) is 0 Å². The lowest BCUT2D eigenvalue weighted by molar-refractivity contribution is 0.310. The molecule has 0 unspecified atom stereocenters. The van der Waals surface area contributed by atoms with Gasteiger partial charge >= 0.3 is 0 Å². The number of methoxy groups -OCH3 is 3. The first-order valence-corrected chi connectivity index (χ1v) is 5.86. The summed E-state index contributed by atoms with van der Waals surface area (Å²) in [6.45, 7) is 0. The van der Waals surface area contributed by atoms with Crippen molar-refractivity contribution in [1.29, 1.82) is 0 Å². The van der Waals surface area contributed by atoms with Crippen molar-refractivity contribution in [2.45, 2.75) is 0 Å². The molecule has 0 aliphatic rings. The van der Waals surface area contributed by atoms with Gasteiger partial charge in [0.05, 0.1) is 27.5 Å². The summed E-state index contributed by atoms with van der Waals surface area (Å²) in [5.74, 6) is 1.92. The van der Waals surface area contributed by atoms with Gasteiger partial charge in [-0.1, -0.05) is 0 Å². The highest BCUT2D eigenvalue weighted by Gasteiger charge is 2.12. The minimum absolute atomic E-state index is 0.122. The maximum atomic E-state index is 5.49. The number of rotatable bonds is 6. The highest BCUT2D eigenvalue weighted by atomic mass is 16.6. The molecule has 3 N–H and O–H groups in total. The molecule has 0 bridgehead atoms. The fourth-order valence-corrected chi connectivity index (χ4v) is 1.62. The number of benzene rings is 1. The number of hydrogen-bond acceptors (Lipinski definition) is 9. The molecule has 9 nitrogen and oxygen atoms in total. The van der Waals surface area contributed by atoms with E-state index in [0.717, 1.165) is 5.56 Å². The molecule has 2 rings (SSSR count). The SMILES string of the molecule is COc1cc(/C=N\Nc2nonc2N)cc(OC)c1OC. The van der Waals surface area contributed by atoms with E-state index in [4.69, 9.17) is 19.9 Å². The zero-order valence-electron chi connectivity index (χ0n) is 11.8. The van der Waals surface area contributed by atoms with Crippen molar-refractivity contribution in [2.24, 2.45) is 5.10 Å². The first kappa shape index (κ1) is 14.4. The van der Waals surface area contributed by atoms with Crippen molar-refractivity contribution in [1.82, 2.24) is 10.3 Å². The Balaban J connectivity index is 2.22. The number of nitrogens with two attached hydrogens (primary N) is 1. The van der Waals surface area contributed by atoms with E-state index in [1.165, 1.54) is 21.3 Å². The number of hydrogen-bond donors (Lipinski definition) is 2. The topological polar surface area (TPSA) is 117 Å². The van der Waals surface area contributed by atoms with Crippen molar-refractivity contribution < 1.29 is 18.8 Å². The van der Waals surface area contributed by atoms with E-state index >= 15 is 0 Å². The van der Waals surface area contributed by atoms with Gasteiger partial charge in [-0.3, -0.25) is 5.43 Å². The van der Waals surface area contributed by atoms with Crippen molar-refractivity contribution in [3.63, 3.8) is 0 Å². The first-order chi connectivity index (χ1) is 10.2. The highest BCUT2D eigenvalue weighted by molar-refractivity contribution is 5.83. The third-order valence-electron chi connectivity index (χ3n) is 2.59. The fraction of sp³-hybridized carbons (Fsp3) is 0.250. The van der Waals surface area contributed by atoms with Crippen LogP contribution in [0.4, 0.5) is 11.6 Å². The van der Waals surface area contributed by atoms with Gasteiger partial charge in [0, 0.05) is 5.56 Å². The van der Waals surface area contributed by atoms with E-state index in [1.807, 2.05) is 0 Å². The Morgan fingerprint density at radius 1 is 1.14 bits per heavy atom. The minimum Gasteiger partial charge on any atom is -0.493 e. The van der Waals surface area contributed by atoms with Crippen LogP contribution in [0.5, 0.6) is 17.2 Å². The van der Waals surface area contributed by atoms with Crippen LogP contribution in [-0.2, 0) is 0 Å². The number of nitrogens with zero attached hydrogens (tertiary/aromatic N) is 3. The number of nitrogens with one attached hydrogen (secondary N) is 1. The Kier molecular flexibility index (Phi) is 4.44. The highest BCUT2D eigenvalue weighted by Crippen LogP contribution is 2.37. The summed E-state index contributed by atoms with van der Waals surface area (Å²) < 4.78 is 20.2. The summed E-state index contributed by atoms with van der Waals surface area (Å²) >= 11 is 0. The number of aromatic nitrogens is 2. The second-order valence-electron chi connectivity index (χ2n) is 3.83. The molecule has 0 fully saturated rings. The maximum absolute atomic E-state index is 5.49. The van der Waals surface area contributed by atoms with Crippen LogP contribution in [0.3, 0.4) is 0 Å². The first-order valence-electron chi connectivity index (χ1n) is 5.86. The maximum Gasteiger partial charge on any atom is 0.235 e. The van der Waals surface area contributed by atoms with Gasteiger partial charge in [0.1, 0.15) is 0 Å². The molecular formula is C12H15N5O4. The molecule has 1 heterocycles. The van der Waals surface area contributed by atoms with Crippen LogP contribution >= 0.6 is 0 Å². The zero-order chi connectivity index (χ0) is 15.2. The van der Waals surface area contributed by atoms with Crippen LogP contribution in [0.15, 0.2) is 21.9 Å². The molecule has 2 aromatic rings. The molecule has 1 aromatic carbocycles. The van der Waals surface area contributed by atoms with Crippen LogP contribution in [0.1, 0.15) is 5.56 Å². The molecule has 0 radical (unpaired) electrons. The van der Waals surface area contributed by atoms with E-state index in [2.05, 4.69) is 25.5 Å². The molecule has 0 amide bonds.